The molecule has 0 saturated carbocycles. The van der Waals surface area contributed by atoms with Crippen molar-refractivity contribution in [1.29, 1.82) is 0 Å². The number of rotatable bonds is 4. The van der Waals surface area contributed by atoms with Gasteiger partial charge in [0.15, 0.2) is 0 Å². The van der Waals surface area contributed by atoms with Crippen LogP contribution in [0.3, 0.4) is 0 Å². The summed E-state index contributed by atoms with van der Waals surface area (Å²) in [6.45, 7) is 0.772. The predicted octanol–water partition coefficient (Wildman–Crippen LogP) is 11.2. The zero-order valence-corrected chi connectivity index (χ0v) is 28.9. The maximum absolute atomic E-state index is 3.82. The van der Waals surface area contributed by atoms with E-state index in [-0.39, 0.29) is 6.04 Å². The lowest BCUT2D eigenvalue weighted by Gasteiger charge is -2.34. The standard InChI is InChI=1S/C48H35N5/c1-3-15-32(16-4-1)40-30-50-46(31-49-40)53-43-25-13-9-21-38(43)47-37-20-8-12-24-42(37)52(48(47)39-22-10-14-26-44(39)53)34-27-28-36-35-19-7-11-23-41(35)51(45(36)29-34)33-17-5-2-6-18-33/h1-29,31,40,49-50H,30H2. The van der Waals surface area contributed by atoms with Gasteiger partial charge < -0.3 is 19.8 Å². The minimum Gasteiger partial charge on any atom is -0.379 e. The van der Waals surface area contributed by atoms with E-state index in [0.717, 1.165) is 35.1 Å². The lowest BCUT2D eigenvalue weighted by Crippen LogP contribution is -2.40. The third kappa shape index (κ3) is 4.50. The molecule has 1 atom stereocenters. The zero-order chi connectivity index (χ0) is 34.9. The molecular formula is C48H35N5. The summed E-state index contributed by atoms with van der Waals surface area (Å²) in [6, 6.07) is 63.9. The second kappa shape index (κ2) is 11.8. The van der Waals surface area contributed by atoms with Crippen LogP contribution < -0.4 is 15.5 Å². The monoisotopic (exact) mass is 681 g/mol. The summed E-state index contributed by atoms with van der Waals surface area (Å²) in [5.41, 5.74) is 14.2. The number of fused-ring (bicyclic) bond motifs is 10. The van der Waals surface area contributed by atoms with E-state index in [4.69, 9.17) is 0 Å². The Morgan fingerprint density at radius 3 is 1.83 bits per heavy atom. The second-order valence-electron chi connectivity index (χ2n) is 13.9. The lowest BCUT2D eigenvalue weighted by molar-refractivity contribution is 0.538. The molecule has 2 N–H and O–H groups in total. The molecule has 2 aliphatic rings. The van der Waals surface area contributed by atoms with Crippen molar-refractivity contribution < 1.29 is 0 Å². The number of para-hydroxylation sites is 5. The highest BCUT2D eigenvalue weighted by molar-refractivity contribution is 6.13. The highest BCUT2D eigenvalue weighted by atomic mass is 15.3. The smallest absolute Gasteiger partial charge is 0.127 e. The Morgan fingerprint density at radius 2 is 1.08 bits per heavy atom. The van der Waals surface area contributed by atoms with Crippen molar-refractivity contribution in [3.05, 3.63) is 194 Å². The van der Waals surface area contributed by atoms with E-state index in [2.05, 4.69) is 207 Å². The average Bonchev–Trinajstić information content (AvgIpc) is 3.71. The van der Waals surface area contributed by atoms with Gasteiger partial charge in [-0.3, -0.25) is 4.90 Å². The van der Waals surface area contributed by atoms with Crippen LogP contribution in [0.1, 0.15) is 11.6 Å². The van der Waals surface area contributed by atoms with E-state index in [1.807, 2.05) is 0 Å². The summed E-state index contributed by atoms with van der Waals surface area (Å²) in [5.74, 6) is 1.02. The van der Waals surface area contributed by atoms with Crippen LogP contribution >= 0.6 is 0 Å². The highest BCUT2D eigenvalue weighted by Crippen LogP contribution is 2.53. The van der Waals surface area contributed by atoms with E-state index in [9.17, 15) is 0 Å². The Bertz CT molecular complexity index is 2880. The number of aromatic nitrogens is 2. The molecule has 0 radical (unpaired) electrons. The van der Waals surface area contributed by atoms with E-state index >= 15 is 0 Å². The molecule has 1 unspecified atom stereocenters. The number of hydrogen-bond donors (Lipinski definition) is 2. The number of benzene rings is 7. The molecule has 5 heteroatoms. The second-order valence-corrected chi connectivity index (χ2v) is 13.9. The van der Waals surface area contributed by atoms with Crippen LogP contribution in [0.15, 0.2) is 188 Å². The van der Waals surface area contributed by atoms with Gasteiger partial charge in [-0.25, -0.2) is 0 Å². The van der Waals surface area contributed by atoms with Gasteiger partial charge in [-0.15, -0.1) is 0 Å². The van der Waals surface area contributed by atoms with Crippen molar-refractivity contribution >= 4 is 44.1 Å². The van der Waals surface area contributed by atoms with Gasteiger partial charge >= 0.3 is 0 Å². The molecule has 7 aromatic carbocycles. The third-order valence-corrected chi connectivity index (χ3v) is 11.0. The summed E-state index contributed by atoms with van der Waals surface area (Å²) in [5, 5.41) is 11.3. The Balaban J connectivity index is 1.17. The van der Waals surface area contributed by atoms with Gasteiger partial charge in [0.05, 0.1) is 39.7 Å². The van der Waals surface area contributed by atoms with Gasteiger partial charge in [-0.05, 0) is 54.1 Å². The molecule has 0 aliphatic carbocycles. The zero-order valence-electron chi connectivity index (χ0n) is 28.9. The molecule has 5 nitrogen and oxygen atoms in total. The lowest BCUT2D eigenvalue weighted by atomic mass is 9.98. The van der Waals surface area contributed by atoms with E-state index in [1.54, 1.807) is 0 Å². The topological polar surface area (TPSA) is 37.2 Å². The number of anilines is 2. The van der Waals surface area contributed by atoms with Gasteiger partial charge in [0.1, 0.15) is 5.82 Å². The molecule has 4 heterocycles. The molecule has 9 aromatic rings. The van der Waals surface area contributed by atoms with Crippen molar-refractivity contribution in [2.45, 2.75) is 6.04 Å². The summed E-state index contributed by atoms with van der Waals surface area (Å²) in [7, 11) is 0. The first kappa shape index (κ1) is 29.7. The minimum absolute atomic E-state index is 0.185. The fourth-order valence-corrected chi connectivity index (χ4v) is 8.67. The number of nitrogens with zero attached hydrogens (tertiary/aromatic N) is 3. The van der Waals surface area contributed by atoms with Crippen molar-refractivity contribution in [2.24, 2.45) is 0 Å². The molecule has 2 aliphatic heterocycles. The van der Waals surface area contributed by atoms with Crippen molar-refractivity contribution in [1.82, 2.24) is 19.8 Å². The molecule has 53 heavy (non-hydrogen) atoms. The first-order valence-electron chi connectivity index (χ1n) is 18.3. The normalized spacial score (nSPS) is 14.9. The van der Waals surface area contributed by atoms with Crippen LogP contribution in [0.2, 0.25) is 0 Å². The van der Waals surface area contributed by atoms with Gasteiger partial charge in [0.25, 0.3) is 0 Å². The Hall–Kier alpha value is -6.98. The van der Waals surface area contributed by atoms with Gasteiger partial charge in [0.2, 0.25) is 0 Å². The SMILES string of the molecule is C1=C(N2c3ccccc3-c3c(n(-c4ccc5c6ccccc6n(-c6ccccc6)c5c4)c4ccccc34)-c3ccccc32)NCC(c2ccccc2)N1. The molecule has 0 amide bonds. The maximum atomic E-state index is 3.82. The van der Waals surface area contributed by atoms with Crippen LogP contribution in [0.4, 0.5) is 11.4 Å². The Kier molecular flexibility index (Phi) is 6.61. The minimum atomic E-state index is 0.185. The predicted molar refractivity (Wildman–Crippen MR) is 219 cm³/mol. The molecule has 2 aromatic heterocycles. The van der Waals surface area contributed by atoms with Crippen molar-refractivity contribution in [2.75, 3.05) is 11.4 Å². The van der Waals surface area contributed by atoms with Crippen molar-refractivity contribution in [3.8, 4) is 33.8 Å². The highest BCUT2D eigenvalue weighted by Gasteiger charge is 2.33. The Morgan fingerprint density at radius 1 is 0.472 bits per heavy atom. The van der Waals surface area contributed by atoms with Crippen LogP contribution in [-0.2, 0) is 0 Å². The van der Waals surface area contributed by atoms with E-state index < -0.39 is 0 Å². The first-order valence-corrected chi connectivity index (χ1v) is 18.3. The first-order chi connectivity index (χ1) is 26.3. The third-order valence-electron chi connectivity index (χ3n) is 11.0. The molecule has 0 saturated heterocycles. The van der Waals surface area contributed by atoms with Crippen LogP contribution in [0.25, 0.3) is 66.5 Å². The molecule has 0 fully saturated rings. The average molecular weight is 682 g/mol. The molecular weight excluding hydrogens is 647 g/mol. The van der Waals surface area contributed by atoms with Crippen LogP contribution in [-0.4, -0.2) is 15.7 Å². The summed E-state index contributed by atoms with van der Waals surface area (Å²) < 4.78 is 4.89. The van der Waals surface area contributed by atoms with Crippen molar-refractivity contribution in [3.63, 3.8) is 0 Å². The summed E-state index contributed by atoms with van der Waals surface area (Å²) >= 11 is 0. The van der Waals surface area contributed by atoms with Gasteiger partial charge in [-0.1, -0.05) is 127 Å². The fraction of sp³-hybridized carbons (Fsp3) is 0.0417. The Labute approximate surface area is 307 Å². The fourth-order valence-electron chi connectivity index (χ4n) is 8.67. The van der Waals surface area contributed by atoms with Crippen LogP contribution in [0.5, 0.6) is 0 Å². The van der Waals surface area contributed by atoms with E-state index in [0.29, 0.717) is 0 Å². The number of hydrogen-bond acceptors (Lipinski definition) is 3. The maximum Gasteiger partial charge on any atom is 0.127 e. The molecule has 11 rings (SSSR count). The van der Waals surface area contributed by atoms with Gasteiger partial charge in [-0.2, -0.15) is 0 Å². The molecule has 0 bridgehead atoms. The quantitative estimate of drug-likeness (QED) is 0.194. The summed E-state index contributed by atoms with van der Waals surface area (Å²) in [6.07, 6.45) is 2.15. The van der Waals surface area contributed by atoms with Crippen LogP contribution in [0, 0.1) is 0 Å². The molecule has 0 spiro atoms. The largest absolute Gasteiger partial charge is 0.379 e. The van der Waals surface area contributed by atoms with E-state index in [1.165, 1.54) is 60.7 Å². The molecule has 252 valence electrons. The van der Waals surface area contributed by atoms with Gasteiger partial charge in [0, 0.05) is 57.0 Å². The number of nitrogens with one attached hydrogen (secondary N) is 2. The summed E-state index contributed by atoms with van der Waals surface area (Å²) in [4.78, 5) is 2.40.